The molecule has 3 nitrogen and oxygen atoms in total. The van der Waals surface area contributed by atoms with E-state index in [9.17, 15) is 0 Å². The quantitative estimate of drug-likeness (QED) is 0.872. The minimum Gasteiger partial charge on any atom is -0.492 e. The molecule has 1 saturated heterocycles. The second kappa shape index (κ2) is 6.67. The highest BCUT2D eigenvalue weighted by atomic mass is 79.9. The summed E-state index contributed by atoms with van der Waals surface area (Å²) in [5.74, 6) is 0.936. The lowest BCUT2D eigenvalue weighted by molar-refractivity contribution is 0.0151. The molecule has 0 bridgehead atoms. The Morgan fingerprint density at radius 2 is 1.90 bits per heavy atom. The number of benzene rings is 1. The Labute approximate surface area is 137 Å². The zero-order chi connectivity index (χ0) is 15.5. The lowest BCUT2D eigenvalue weighted by Crippen LogP contribution is -2.67. The van der Waals surface area contributed by atoms with E-state index in [0.717, 1.165) is 42.9 Å². The van der Waals surface area contributed by atoms with Crippen LogP contribution in [0.15, 0.2) is 28.7 Å². The zero-order valence-electron chi connectivity index (χ0n) is 13.6. The van der Waals surface area contributed by atoms with Crippen LogP contribution in [0.5, 0.6) is 5.75 Å². The highest BCUT2D eigenvalue weighted by Gasteiger charge is 2.39. The summed E-state index contributed by atoms with van der Waals surface area (Å²) in [7, 11) is 0. The molecule has 118 valence electrons. The van der Waals surface area contributed by atoms with Crippen LogP contribution in [0.1, 0.15) is 34.1 Å². The Morgan fingerprint density at radius 3 is 2.52 bits per heavy atom. The maximum atomic E-state index is 5.89. The van der Waals surface area contributed by atoms with Gasteiger partial charge in [-0.1, -0.05) is 22.9 Å². The summed E-state index contributed by atoms with van der Waals surface area (Å²) in [4.78, 5) is 2.57. The molecule has 1 aliphatic rings. The fourth-order valence-electron chi connectivity index (χ4n) is 2.77. The highest BCUT2D eigenvalue weighted by molar-refractivity contribution is 9.10. The molecule has 1 heterocycles. The van der Waals surface area contributed by atoms with Crippen LogP contribution in [-0.2, 0) is 0 Å². The van der Waals surface area contributed by atoms with E-state index in [-0.39, 0.29) is 11.1 Å². The van der Waals surface area contributed by atoms with E-state index in [1.807, 2.05) is 24.3 Å². The van der Waals surface area contributed by atoms with Crippen LogP contribution in [0.2, 0.25) is 0 Å². The molecule has 1 fully saturated rings. The van der Waals surface area contributed by atoms with Gasteiger partial charge >= 0.3 is 0 Å². The first-order valence-corrected chi connectivity index (χ1v) is 8.52. The number of nitrogens with one attached hydrogen (secondary N) is 1. The molecule has 0 aromatic heterocycles. The predicted octanol–water partition coefficient (Wildman–Crippen LogP) is 3.68. The van der Waals surface area contributed by atoms with Gasteiger partial charge in [-0.25, -0.2) is 0 Å². The van der Waals surface area contributed by atoms with E-state index in [1.54, 1.807) is 0 Å². The first kappa shape index (κ1) is 16.8. The van der Waals surface area contributed by atoms with Gasteiger partial charge in [0.25, 0.3) is 0 Å². The van der Waals surface area contributed by atoms with Crippen molar-refractivity contribution >= 4 is 15.9 Å². The molecular formula is C17H27BrN2O. The standard InChI is InChI=1S/C17H27BrN2O/c1-5-17(4)12-19-16(2,3)13-20(17)10-11-21-15-8-6-14(18)7-9-15/h6-9,19H,5,10-13H2,1-4H3. The third-order valence-electron chi connectivity index (χ3n) is 4.50. The van der Waals surface area contributed by atoms with Gasteiger partial charge in [-0.2, -0.15) is 0 Å². The summed E-state index contributed by atoms with van der Waals surface area (Å²) in [6.45, 7) is 12.9. The second-order valence-electron chi connectivity index (χ2n) is 6.81. The Hall–Kier alpha value is -0.580. The number of rotatable bonds is 5. The zero-order valence-corrected chi connectivity index (χ0v) is 15.2. The lowest BCUT2D eigenvalue weighted by Gasteiger charge is -2.51. The SMILES string of the molecule is CCC1(C)CNC(C)(C)CN1CCOc1ccc(Br)cc1. The summed E-state index contributed by atoms with van der Waals surface area (Å²) < 4.78 is 6.97. The Morgan fingerprint density at radius 1 is 1.24 bits per heavy atom. The van der Waals surface area contributed by atoms with Crippen molar-refractivity contribution in [3.05, 3.63) is 28.7 Å². The van der Waals surface area contributed by atoms with Crippen molar-refractivity contribution in [1.82, 2.24) is 10.2 Å². The van der Waals surface area contributed by atoms with Gasteiger partial charge in [0, 0.05) is 35.2 Å². The molecule has 0 spiro atoms. The van der Waals surface area contributed by atoms with Gasteiger partial charge in [0.15, 0.2) is 0 Å². The molecule has 1 aromatic carbocycles. The summed E-state index contributed by atoms with van der Waals surface area (Å²) in [6, 6.07) is 8.04. The lowest BCUT2D eigenvalue weighted by atomic mass is 9.88. The number of halogens is 1. The van der Waals surface area contributed by atoms with Gasteiger partial charge in [-0.15, -0.1) is 0 Å². The topological polar surface area (TPSA) is 24.5 Å². The Bertz CT molecular complexity index is 460. The molecule has 0 radical (unpaired) electrons. The second-order valence-corrected chi connectivity index (χ2v) is 7.73. The monoisotopic (exact) mass is 354 g/mol. The van der Waals surface area contributed by atoms with Gasteiger partial charge in [-0.3, -0.25) is 4.90 Å². The molecule has 1 aromatic rings. The van der Waals surface area contributed by atoms with Gasteiger partial charge in [0.05, 0.1) is 0 Å². The maximum absolute atomic E-state index is 5.89. The van der Waals surface area contributed by atoms with Crippen molar-refractivity contribution < 1.29 is 4.74 Å². The molecule has 4 heteroatoms. The van der Waals surface area contributed by atoms with Crippen molar-refractivity contribution in [2.75, 3.05) is 26.2 Å². The Kier molecular flexibility index (Phi) is 5.33. The average Bonchev–Trinajstić information content (AvgIpc) is 2.45. The van der Waals surface area contributed by atoms with Crippen LogP contribution in [0.25, 0.3) is 0 Å². The largest absolute Gasteiger partial charge is 0.492 e. The van der Waals surface area contributed by atoms with Crippen molar-refractivity contribution in [2.45, 2.75) is 45.2 Å². The van der Waals surface area contributed by atoms with E-state index in [4.69, 9.17) is 4.74 Å². The maximum Gasteiger partial charge on any atom is 0.119 e. The number of hydrogen-bond donors (Lipinski definition) is 1. The number of ether oxygens (including phenoxy) is 1. The molecule has 2 rings (SSSR count). The van der Waals surface area contributed by atoms with Gasteiger partial charge in [0.1, 0.15) is 12.4 Å². The molecule has 1 aliphatic heterocycles. The third-order valence-corrected chi connectivity index (χ3v) is 5.03. The highest BCUT2D eigenvalue weighted by Crippen LogP contribution is 2.26. The van der Waals surface area contributed by atoms with Crippen LogP contribution in [0.3, 0.4) is 0 Å². The van der Waals surface area contributed by atoms with Crippen molar-refractivity contribution in [1.29, 1.82) is 0 Å². The number of nitrogens with zero attached hydrogens (tertiary/aromatic N) is 1. The van der Waals surface area contributed by atoms with Gasteiger partial charge in [0.2, 0.25) is 0 Å². The van der Waals surface area contributed by atoms with Crippen molar-refractivity contribution in [3.63, 3.8) is 0 Å². The third kappa shape index (κ3) is 4.44. The van der Waals surface area contributed by atoms with Gasteiger partial charge < -0.3 is 10.1 Å². The minimum absolute atomic E-state index is 0.173. The molecule has 21 heavy (non-hydrogen) atoms. The average molecular weight is 355 g/mol. The first-order chi connectivity index (χ1) is 9.85. The predicted molar refractivity (Wildman–Crippen MR) is 92.0 cm³/mol. The summed E-state index contributed by atoms with van der Waals surface area (Å²) in [6.07, 6.45) is 1.15. The molecule has 0 aliphatic carbocycles. The van der Waals surface area contributed by atoms with E-state index in [2.05, 4.69) is 53.8 Å². The minimum atomic E-state index is 0.173. The van der Waals surface area contributed by atoms with E-state index in [0.29, 0.717) is 0 Å². The van der Waals surface area contributed by atoms with E-state index < -0.39 is 0 Å². The first-order valence-electron chi connectivity index (χ1n) is 7.73. The van der Waals surface area contributed by atoms with Gasteiger partial charge in [-0.05, 0) is 51.5 Å². The molecule has 1 N–H and O–H groups in total. The number of hydrogen-bond acceptors (Lipinski definition) is 3. The fraction of sp³-hybridized carbons (Fsp3) is 0.647. The molecular weight excluding hydrogens is 328 g/mol. The smallest absolute Gasteiger partial charge is 0.119 e. The van der Waals surface area contributed by atoms with Crippen molar-refractivity contribution in [3.8, 4) is 5.75 Å². The van der Waals surface area contributed by atoms with Crippen LogP contribution in [-0.4, -0.2) is 42.2 Å². The molecule has 0 amide bonds. The van der Waals surface area contributed by atoms with E-state index >= 15 is 0 Å². The van der Waals surface area contributed by atoms with E-state index in [1.165, 1.54) is 0 Å². The Balaban J connectivity index is 1.91. The molecule has 1 unspecified atom stereocenters. The summed E-state index contributed by atoms with van der Waals surface area (Å²) in [5.41, 5.74) is 0.394. The normalized spacial score (nSPS) is 25.8. The van der Waals surface area contributed by atoms with Crippen LogP contribution >= 0.6 is 15.9 Å². The van der Waals surface area contributed by atoms with Crippen molar-refractivity contribution in [2.24, 2.45) is 0 Å². The van der Waals surface area contributed by atoms with Crippen LogP contribution < -0.4 is 10.1 Å². The fourth-order valence-corrected chi connectivity index (χ4v) is 3.03. The summed E-state index contributed by atoms with van der Waals surface area (Å²) >= 11 is 3.44. The van der Waals surface area contributed by atoms with Crippen LogP contribution in [0, 0.1) is 0 Å². The van der Waals surface area contributed by atoms with Crippen LogP contribution in [0.4, 0.5) is 0 Å². The molecule has 1 atom stereocenters. The number of piperazine rings is 1. The molecule has 0 saturated carbocycles. The summed E-state index contributed by atoms with van der Waals surface area (Å²) in [5, 5.41) is 3.66.